The molecule has 0 aromatic carbocycles. The molecule has 3 aromatic rings. The predicted molar refractivity (Wildman–Crippen MR) is 181 cm³/mol. The Kier molecular flexibility index (Phi) is 34.0. The summed E-state index contributed by atoms with van der Waals surface area (Å²) in [6.07, 6.45) is 10.2. The van der Waals surface area contributed by atoms with Gasteiger partial charge in [0.15, 0.2) is 0 Å². The van der Waals surface area contributed by atoms with Crippen molar-refractivity contribution in [1.29, 1.82) is 0 Å². The summed E-state index contributed by atoms with van der Waals surface area (Å²) >= 11 is 9.54. The molecule has 11 heteroatoms. The monoisotopic (exact) mass is 1110 g/mol. The van der Waals surface area contributed by atoms with E-state index in [-0.39, 0.29) is 24.0 Å². The van der Waals surface area contributed by atoms with Gasteiger partial charge in [-0.1, -0.05) is 39.0 Å². The van der Waals surface area contributed by atoms with Crippen LogP contribution >= 0.6 is 98.4 Å². The van der Waals surface area contributed by atoms with E-state index in [1.165, 1.54) is 11.1 Å². The summed E-state index contributed by atoms with van der Waals surface area (Å²) in [5, 5.41) is 0. The molecule has 0 aliphatic heterocycles. The summed E-state index contributed by atoms with van der Waals surface area (Å²) < 4.78 is 0. The molecule has 0 fully saturated rings. The van der Waals surface area contributed by atoms with E-state index in [0.29, 0.717) is 24.9 Å². The molecule has 0 saturated heterocycles. The molecule has 3 rings (SSSR count). The Bertz CT molecular complexity index is 764. The minimum atomic E-state index is 0. The Hall–Kier alpha value is 1.43. The first kappa shape index (κ1) is 38.0. The first-order valence-corrected chi connectivity index (χ1v) is 28.2. The predicted octanol–water partition coefficient (Wildman–Crippen LogP) is 5.26. The number of nitrogens with two attached hydrogens (primary N) is 2. The van der Waals surface area contributed by atoms with Crippen LogP contribution in [0.5, 0.6) is 0 Å². The molecule has 0 spiro atoms. The van der Waals surface area contributed by atoms with Crippen LogP contribution in [0.15, 0.2) is 61.2 Å². The molecule has 0 aliphatic carbocycles. The Balaban J connectivity index is -0.000000353. The van der Waals surface area contributed by atoms with Crippen molar-refractivity contribution in [2.24, 2.45) is 0 Å². The summed E-state index contributed by atoms with van der Waals surface area (Å²) in [7, 11) is 0. The maximum atomic E-state index is 5.52. The fourth-order valence-corrected chi connectivity index (χ4v) is 2.00. The zero-order chi connectivity index (χ0) is 23.9. The van der Waals surface area contributed by atoms with Crippen molar-refractivity contribution in [3.8, 4) is 0 Å². The number of hydrogen-bond acceptors (Lipinski definition) is 5. The zero-order valence-corrected chi connectivity index (χ0v) is 31.3. The number of aromatic nitrogens is 3. The van der Waals surface area contributed by atoms with E-state index >= 15 is 0 Å². The van der Waals surface area contributed by atoms with Crippen LogP contribution in [-0.4, -0.2) is 15.0 Å². The molecule has 3 heterocycles. The van der Waals surface area contributed by atoms with Gasteiger partial charge in [0.2, 0.25) is 0 Å². The maximum absolute atomic E-state index is 5.52. The quantitative estimate of drug-likeness (QED) is 0.350. The zero-order valence-electron chi connectivity index (χ0n) is 18.2. The summed E-state index contributed by atoms with van der Waals surface area (Å²) in [5.41, 5.74) is 14.5. The Morgan fingerprint density at radius 3 is 1.69 bits per heavy atom. The summed E-state index contributed by atoms with van der Waals surface area (Å²) in [4.78, 5) is 11.8. The van der Waals surface area contributed by atoms with E-state index in [1.807, 2.05) is 36.5 Å². The van der Waals surface area contributed by atoms with Crippen molar-refractivity contribution < 1.29 is 13.3 Å². The molecule has 0 bridgehead atoms. The van der Waals surface area contributed by atoms with Gasteiger partial charge in [-0.2, -0.15) is 0 Å². The first-order chi connectivity index (χ1) is 15.0. The molecular formula is C21H30I6N5-. The Labute approximate surface area is 263 Å². The molecule has 32 heavy (non-hydrogen) atoms. The van der Waals surface area contributed by atoms with Crippen molar-refractivity contribution >= 4 is 110 Å². The molecule has 4 N–H and O–H groups in total. The molecular weight excluding hydrogens is 1080 g/mol. The van der Waals surface area contributed by atoms with Crippen LogP contribution in [-0.2, 0) is 19.3 Å². The van der Waals surface area contributed by atoms with E-state index in [0.717, 1.165) is 24.8 Å². The van der Waals surface area contributed by atoms with Crippen LogP contribution in [0, 0.1) is 0 Å². The molecule has 0 unspecified atom stereocenters. The van der Waals surface area contributed by atoms with Crippen molar-refractivity contribution in [2.75, 3.05) is 11.5 Å². The molecule has 5 nitrogen and oxygen atoms in total. The van der Waals surface area contributed by atoms with Gasteiger partial charge in [-0.3, -0.25) is 4.98 Å². The second-order valence-corrected chi connectivity index (χ2v) is 21.9. The van der Waals surface area contributed by atoms with E-state index in [1.54, 1.807) is 18.6 Å². The minimum absolute atomic E-state index is 0. The summed E-state index contributed by atoms with van der Waals surface area (Å²) in [6, 6.07) is 11.7. The van der Waals surface area contributed by atoms with Gasteiger partial charge >= 0.3 is 50.5 Å². The van der Waals surface area contributed by atoms with Crippen LogP contribution in [0.3, 0.4) is 0 Å². The van der Waals surface area contributed by atoms with E-state index in [4.69, 9.17) is 11.5 Å². The third kappa shape index (κ3) is 21.9. The van der Waals surface area contributed by atoms with Gasteiger partial charge in [-0.15, -0.1) is 24.0 Å². The number of hydrogen-bond donors (Lipinski definition) is 2. The second kappa shape index (κ2) is 28.7. The number of nitrogen functional groups attached to an aromatic ring is 2. The summed E-state index contributed by atoms with van der Waals surface area (Å²) in [6.45, 7) is 6.28. The number of halogens is 6. The SMILES string of the molecule is CCc1ccc(N)nc1.CCc1cccnc1.CCc1cccnc1N.I.II.I[I-]I. The van der Waals surface area contributed by atoms with Gasteiger partial charge in [0.25, 0.3) is 0 Å². The average molecular weight is 1110 g/mol. The number of rotatable bonds is 3. The third-order valence-corrected chi connectivity index (χ3v) is 3.69. The average Bonchev–Trinajstić information content (AvgIpc) is 2.83. The summed E-state index contributed by atoms with van der Waals surface area (Å²) in [5.74, 6) is 1.24. The van der Waals surface area contributed by atoms with Crippen LogP contribution in [0.25, 0.3) is 0 Å². The molecule has 182 valence electrons. The number of aryl methyl sites for hydroxylation is 3. The van der Waals surface area contributed by atoms with E-state index in [9.17, 15) is 0 Å². The fraction of sp³-hybridized carbons (Fsp3) is 0.286. The van der Waals surface area contributed by atoms with Gasteiger partial charge in [-0.25, -0.2) is 9.97 Å². The molecule has 3 aromatic heterocycles. The first-order valence-electron chi connectivity index (χ1n) is 9.32. The van der Waals surface area contributed by atoms with Crippen LogP contribution < -0.4 is 24.7 Å². The number of pyridine rings is 3. The van der Waals surface area contributed by atoms with Gasteiger partial charge in [-0.05, 0) is 54.2 Å². The van der Waals surface area contributed by atoms with Crippen molar-refractivity contribution in [1.82, 2.24) is 15.0 Å². The normalized spacial score (nSPS) is 8.47. The van der Waals surface area contributed by atoms with Crippen molar-refractivity contribution in [2.45, 2.75) is 40.0 Å². The van der Waals surface area contributed by atoms with Gasteiger partial charge < -0.3 is 11.5 Å². The Morgan fingerprint density at radius 1 is 0.781 bits per heavy atom. The number of anilines is 2. The Morgan fingerprint density at radius 2 is 1.34 bits per heavy atom. The molecule has 0 amide bonds. The van der Waals surface area contributed by atoms with Crippen LogP contribution in [0.2, 0.25) is 0 Å². The van der Waals surface area contributed by atoms with Crippen LogP contribution in [0.4, 0.5) is 11.6 Å². The van der Waals surface area contributed by atoms with Gasteiger partial charge in [0, 0.05) is 62.0 Å². The standard InChI is InChI=1S/2C7H10N2.C7H9N.I3.I2.HI/c1-2-6-3-4-7(8)9-5-6;1-2-6-4-3-5-9-7(6)8;1-2-7-4-3-5-8-6-7;1-3-2;1-2;/h2*3-5H,2H2,1H3,(H2,8,9);3-6H,2H2,1H3;;;1H/q;;;-1;;. The van der Waals surface area contributed by atoms with Gasteiger partial charge in [0.05, 0.1) is 0 Å². The van der Waals surface area contributed by atoms with Crippen molar-refractivity contribution in [3.63, 3.8) is 0 Å². The van der Waals surface area contributed by atoms with Crippen LogP contribution in [0.1, 0.15) is 37.5 Å². The molecule has 0 atom stereocenters. The molecule has 0 aliphatic rings. The topological polar surface area (TPSA) is 90.7 Å². The van der Waals surface area contributed by atoms with E-state index in [2.05, 4.69) is 116 Å². The molecule has 0 radical (unpaired) electrons. The fourth-order valence-electron chi connectivity index (χ4n) is 2.00. The van der Waals surface area contributed by atoms with E-state index < -0.39 is 0 Å². The molecule has 0 saturated carbocycles. The van der Waals surface area contributed by atoms with Crippen molar-refractivity contribution in [3.05, 3.63) is 77.9 Å². The number of nitrogens with zero attached hydrogens (tertiary/aromatic N) is 3. The van der Waals surface area contributed by atoms with Gasteiger partial charge in [0.1, 0.15) is 11.6 Å². The second-order valence-electron chi connectivity index (χ2n) is 5.62. The third-order valence-electron chi connectivity index (χ3n) is 3.69.